The molecule has 7 nitrogen and oxygen atoms in total. The van der Waals surface area contributed by atoms with E-state index in [1.165, 1.54) is 0 Å². The van der Waals surface area contributed by atoms with Crippen LogP contribution in [-0.2, 0) is 4.74 Å². The lowest BCUT2D eigenvalue weighted by molar-refractivity contribution is 0.0508. The Morgan fingerprint density at radius 1 is 1.21 bits per heavy atom. The third-order valence-corrected chi connectivity index (χ3v) is 4.59. The number of nitrogens with zero attached hydrogens (tertiary/aromatic N) is 1. The van der Waals surface area contributed by atoms with Gasteiger partial charge in [-0.1, -0.05) is 0 Å². The minimum Gasteiger partial charge on any atom is -0.478 e. The van der Waals surface area contributed by atoms with Crippen molar-refractivity contribution in [1.29, 1.82) is 0 Å². The van der Waals surface area contributed by atoms with Crippen LogP contribution in [0.4, 0.5) is 25.0 Å². The summed E-state index contributed by atoms with van der Waals surface area (Å²) in [4.78, 5) is 24.9. The smallest absolute Gasteiger partial charge is 0.407 e. The number of benzene rings is 1. The van der Waals surface area contributed by atoms with Gasteiger partial charge in [-0.15, -0.1) is 0 Å². The number of aromatic carboxylic acids is 1. The number of hydrogen-bond donors (Lipinski definition) is 3. The number of carbonyl (C=O) groups excluding carboxylic acids is 1. The first-order valence-corrected chi connectivity index (χ1v) is 9.31. The van der Waals surface area contributed by atoms with Crippen molar-refractivity contribution in [2.24, 2.45) is 0 Å². The fraction of sp³-hybridized carbons (Fsp3) is 0.579. The Kier molecular flexibility index (Phi) is 5.36. The minimum atomic E-state index is -1.52. The van der Waals surface area contributed by atoms with Crippen LogP contribution in [0.2, 0.25) is 0 Å². The molecule has 1 saturated heterocycles. The molecule has 3 N–H and O–H groups in total. The van der Waals surface area contributed by atoms with Gasteiger partial charge in [-0.3, -0.25) is 0 Å². The van der Waals surface area contributed by atoms with E-state index in [0.29, 0.717) is 13.0 Å². The SMILES string of the molecule is CC(C)(C)OC(=O)NC1CCN(c2cc(F)c(C(=O)O)c(NC3CC3)c2F)C1. The van der Waals surface area contributed by atoms with Gasteiger partial charge in [0.1, 0.15) is 17.0 Å². The topological polar surface area (TPSA) is 90.9 Å². The number of halogens is 2. The molecule has 1 aromatic rings. The zero-order valence-corrected chi connectivity index (χ0v) is 16.1. The number of rotatable bonds is 5. The molecule has 28 heavy (non-hydrogen) atoms. The van der Waals surface area contributed by atoms with E-state index in [1.54, 1.807) is 25.7 Å². The van der Waals surface area contributed by atoms with Crippen LogP contribution in [0.15, 0.2) is 6.07 Å². The molecule has 0 spiro atoms. The largest absolute Gasteiger partial charge is 0.478 e. The monoisotopic (exact) mass is 397 g/mol. The van der Waals surface area contributed by atoms with Crippen molar-refractivity contribution in [3.8, 4) is 0 Å². The van der Waals surface area contributed by atoms with Crippen LogP contribution in [0.5, 0.6) is 0 Å². The number of carboxylic acid groups (broad SMARTS) is 1. The number of ether oxygens (including phenoxy) is 1. The molecule has 1 amide bonds. The zero-order chi connectivity index (χ0) is 20.6. The Hall–Kier alpha value is -2.58. The highest BCUT2D eigenvalue weighted by molar-refractivity contribution is 5.96. The number of carbonyl (C=O) groups is 2. The maximum atomic E-state index is 15.1. The third kappa shape index (κ3) is 4.63. The lowest BCUT2D eigenvalue weighted by Gasteiger charge is -2.24. The fourth-order valence-corrected chi connectivity index (χ4v) is 3.19. The molecule has 0 bridgehead atoms. The van der Waals surface area contributed by atoms with Crippen molar-refractivity contribution in [1.82, 2.24) is 5.32 Å². The lowest BCUT2D eigenvalue weighted by atomic mass is 10.1. The molecule has 1 aliphatic carbocycles. The second-order valence-electron chi connectivity index (χ2n) is 8.24. The molecule has 0 radical (unpaired) electrons. The van der Waals surface area contributed by atoms with Gasteiger partial charge in [0.2, 0.25) is 0 Å². The van der Waals surface area contributed by atoms with Gasteiger partial charge in [-0.2, -0.15) is 0 Å². The molecule has 2 aliphatic rings. The summed E-state index contributed by atoms with van der Waals surface area (Å²) >= 11 is 0. The van der Waals surface area contributed by atoms with Gasteiger partial charge in [0.15, 0.2) is 5.82 Å². The standard InChI is InChI=1S/C19H25F2N3O4/c1-19(2,3)28-18(27)23-11-6-7-24(9-11)13-8-12(20)14(17(25)26)16(15(13)21)22-10-4-5-10/h8,10-11,22H,4-7,9H2,1-3H3,(H,23,27)(H,25,26). The average Bonchev–Trinajstić information content (AvgIpc) is 3.25. The molecule has 1 heterocycles. The van der Waals surface area contributed by atoms with Gasteiger partial charge in [0.25, 0.3) is 0 Å². The summed E-state index contributed by atoms with van der Waals surface area (Å²) < 4.78 is 34.8. The maximum absolute atomic E-state index is 15.1. The molecular weight excluding hydrogens is 372 g/mol. The number of hydrogen-bond acceptors (Lipinski definition) is 5. The first-order valence-electron chi connectivity index (χ1n) is 9.31. The van der Waals surface area contributed by atoms with E-state index in [-0.39, 0.29) is 30.0 Å². The van der Waals surface area contributed by atoms with Crippen LogP contribution in [-0.4, -0.2) is 47.9 Å². The Labute approximate surface area is 162 Å². The summed E-state index contributed by atoms with van der Waals surface area (Å²) in [5, 5.41) is 14.8. The van der Waals surface area contributed by atoms with E-state index in [1.807, 2.05) is 0 Å². The van der Waals surface area contributed by atoms with Crippen molar-refractivity contribution >= 4 is 23.4 Å². The molecule has 1 aliphatic heterocycles. The van der Waals surface area contributed by atoms with Crippen LogP contribution < -0.4 is 15.5 Å². The highest BCUT2D eigenvalue weighted by Gasteiger charge is 2.33. The summed E-state index contributed by atoms with van der Waals surface area (Å²) in [6.45, 7) is 5.93. The number of nitrogens with one attached hydrogen (secondary N) is 2. The molecule has 154 valence electrons. The Bertz CT molecular complexity index is 790. The fourth-order valence-electron chi connectivity index (χ4n) is 3.19. The van der Waals surface area contributed by atoms with Crippen LogP contribution in [0.1, 0.15) is 50.4 Å². The Morgan fingerprint density at radius 2 is 1.89 bits per heavy atom. The maximum Gasteiger partial charge on any atom is 0.407 e. The number of amides is 1. The molecule has 3 rings (SSSR count). The van der Waals surface area contributed by atoms with E-state index >= 15 is 4.39 Å². The molecule has 2 fully saturated rings. The van der Waals surface area contributed by atoms with Gasteiger partial charge < -0.3 is 25.4 Å². The van der Waals surface area contributed by atoms with Gasteiger partial charge in [0.05, 0.1) is 17.4 Å². The van der Waals surface area contributed by atoms with Crippen molar-refractivity contribution < 1.29 is 28.2 Å². The summed E-state index contributed by atoms with van der Waals surface area (Å²) in [6.07, 6.45) is 1.54. The number of alkyl carbamates (subject to hydrolysis) is 1. The first kappa shape index (κ1) is 20.2. The summed E-state index contributed by atoms with van der Waals surface area (Å²) in [5.74, 6) is -3.30. The summed E-state index contributed by atoms with van der Waals surface area (Å²) in [5.41, 5.74) is -1.64. The van der Waals surface area contributed by atoms with Crippen LogP contribution >= 0.6 is 0 Å². The van der Waals surface area contributed by atoms with Gasteiger partial charge in [-0.05, 0) is 40.0 Å². The van der Waals surface area contributed by atoms with Crippen molar-refractivity contribution in [3.63, 3.8) is 0 Å². The van der Waals surface area contributed by atoms with E-state index in [4.69, 9.17) is 4.74 Å². The van der Waals surface area contributed by atoms with Crippen LogP contribution in [0.25, 0.3) is 0 Å². The first-order chi connectivity index (χ1) is 13.0. The quantitative estimate of drug-likeness (QED) is 0.706. The second-order valence-corrected chi connectivity index (χ2v) is 8.24. The lowest BCUT2D eigenvalue weighted by Crippen LogP contribution is -2.40. The minimum absolute atomic E-state index is 0.0147. The predicted molar refractivity (Wildman–Crippen MR) is 99.9 cm³/mol. The average molecular weight is 397 g/mol. The number of carboxylic acids is 1. The Balaban J connectivity index is 1.77. The highest BCUT2D eigenvalue weighted by atomic mass is 19.1. The van der Waals surface area contributed by atoms with Crippen molar-refractivity contribution in [2.75, 3.05) is 23.3 Å². The highest BCUT2D eigenvalue weighted by Crippen LogP contribution is 2.36. The second kappa shape index (κ2) is 7.44. The number of anilines is 2. The van der Waals surface area contributed by atoms with Gasteiger partial charge >= 0.3 is 12.1 Å². The molecule has 1 saturated carbocycles. The van der Waals surface area contributed by atoms with E-state index < -0.39 is 34.9 Å². The molecule has 9 heteroatoms. The zero-order valence-electron chi connectivity index (χ0n) is 16.1. The summed E-state index contributed by atoms with van der Waals surface area (Å²) in [6, 6.07) is 0.589. The van der Waals surface area contributed by atoms with Crippen molar-refractivity contribution in [3.05, 3.63) is 23.3 Å². The van der Waals surface area contributed by atoms with Gasteiger partial charge in [0, 0.05) is 25.2 Å². The Morgan fingerprint density at radius 3 is 2.46 bits per heavy atom. The summed E-state index contributed by atoms with van der Waals surface area (Å²) in [7, 11) is 0. The molecule has 1 unspecified atom stereocenters. The molecular formula is C19H25F2N3O4. The third-order valence-electron chi connectivity index (χ3n) is 4.59. The predicted octanol–water partition coefficient (Wildman–Crippen LogP) is 3.34. The van der Waals surface area contributed by atoms with Crippen molar-refractivity contribution in [2.45, 2.75) is 57.7 Å². The normalized spacial score (nSPS) is 19.5. The van der Waals surface area contributed by atoms with E-state index in [2.05, 4.69) is 10.6 Å². The van der Waals surface area contributed by atoms with E-state index in [9.17, 15) is 19.1 Å². The molecule has 0 aromatic heterocycles. The van der Waals surface area contributed by atoms with Crippen LogP contribution in [0.3, 0.4) is 0 Å². The molecule has 1 atom stereocenters. The van der Waals surface area contributed by atoms with E-state index in [0.717, 1.165) is 18.9 Å². The van der Waals surface area contributed by atoms with Crippen LogP contribution in [0, 0.1) is 11.6 Å². The molecule has 1 aromatic carbocycles. The van der Waals surface area contributed by atoms with Gasteiger partial charge in [-0.25, -0.2) is 18.4 Å².